The first kappa shape index (κ1) is 12.2. The van der Waals surface area contributed by atoms with Crippen molar-refractivity contribution in [3.8, 4) is 0 Å². The molecule has 1 heterocycles. The lowest BCUT2D eigenvalue weighted by Gasteiger charge is -2.12. The van der Waals surface area contributed by atoms with E-state index < -0.39 is 15.8 Å². The lowest BCUT2D eigenvalue weighted by atomic mass is 10.1. The third-order valence-electron chi connectivity index (χ3n) is 2.17. The molecule has 0 amide bonds. The number of nitrogens with two attached hydrogens (primary N) is 1. The van der Waals surface area contributed by atoms with Gasteiger partial charge in [0.1, 0.15) is 4.91 Å². The van der Waals surface area contributed by atoms with Crippen molar-refractivity contribution in [2.45, 2.75) is 6.42 Å². The van der Waals surface area contributed by atoms with Gasteiger partial charge in [0, 0.05) is 18.1 Å². The van der Waals surface area contributed by atoms with Crippen LogP contribution in [0.3, 0.4) is 0 Å². The average Bonchev–Trinajstić information content (AvgIpc) is 2.29. The van der Waals surface area contributed by atoms with Crippen LogP contribution in [0.2, 0.25) is 0 Å². The molecule has 1 aromatic rings. The first-order chi connectivity index (χ1) is 8.49. The van der Waals surface area contributed by atoms with Crippen LogP contribution >= 0.6 is 0 Å². The summed E-state index contributed by atoms with van der Waals surface area (Å²) in [6.45, 7) is 0. The number of nitrogens with zero attached hydrogens (tertiary/aromatic N) is 2. The SMILES string of the molecule is NC1=CC=C(S(=O)(=O)Nc2ncccn2)C(=O)C1. The first-order valence-corrected chi connectivity index (χ1v) is 6.47. The number of hydrogen-bond acceptors (Lipinski definition) is 6. The Morgan fingerprint density at radius 3 is 2.50 bits per heavy atom. The van der Waals surface area contributed by atoms with Crippen LogP contribution in [-0.4, -0.2) is 24.2 Å². The molecule has 0 unspecified atom stereocenters. The van der Waals surface area contributed by atoms with Crippen molar-refractivity contribution < 1.29 is 13.2 Å². The molecular formula is C10H10N4O3S. The number of sulfonamides is 1. The predicted molar refractivity (Wildman–Crippen MR) is 64.6 cm³/mol. The van der Waals surface area contributed by atoms with E-state index in [0.717, 1.165) is 0 Å². The quantitative estimate of drug-likeness (QED) is 0.790. The van der Waals surface area contributed by atoms with Gasteiger partial charge >= 0.3 is 0 Å². The standard InChI is InChI=1S/C10H10N4O3S/c11-7-2-3-9(8(15)6-7)18(16,17)14-10-12-4-1-5-13-10/h1-5H,6,11H2,(H,12,13,14). The molecule has 0 radical (unpaired) electrons. The summed E-state index contributed by atoms with van der Waals surface area (Å²) in [6.07, 6.45) is 5.23. The zero-order chi connectivity index (χ0) is 13.2. The molecule has 1 aliphatic rings. The number of rotatable bonds is 3. The van der Waals surface area contributed by atoms with Crippen LogP contribution in [-0.2, 0) is 14.8 Å². The average molecular weight is 266 g/mol. The van der Waals surface area contributed by atoms with E-state index >= 15 is 0 Å². The summed E-state index contributed by atoms with van der Waals surface area (Å²) >= 11 is 0. The van der Waals surface area contributed by atoms with E-state index in [0.29, 0.717) is 5.70 Å². The van der Waals surface area contributed by atoms with Gasteiger partial charge in [0.2, 0.25) is 5.95 Å². The zero-order valence-corrected chi connectivity index (χ0v) is 10.0. The fourth-order valence-electron chi connectivity index (χ4n) is 1.37. The molecule has 0 bridgehead atoms. The second-order valence-electron chi connectivity index (χ2n) is 3.55. The minimum Gasteiger partial charge on any atom is -0.402 e. The highest BCUT2D eigenvalue weighted by Crippen LogP contribution is 2.18. The summed E-state index contributed by atoms with van der Waals surface area (Å²) in [5.41, 5.74) is 5.77. The molecule has 3 N–H and O–H groups in total. The van der Waals surface area contributed by atoms with Gasteiger partial charge < -0.3 is 5.73 Å². The molecule has 0 fully saturated rings. The molecule has 2 rings (SSSR count). The summed E-state index contributed by atoms with van der Waals surface area (Å²) in [7, 11) is -3.97. The second kappa shape index (κ2) is 4.57. The maximum atomic E-state index is 11.9. The molecule has 18 heavy (non-hydrogen) atoms. The van der Waals surface area contributed by atoms with Crippen molar-refractivity contribution in [1.82, 2.24) is 9.97 Å². The van der Waals surface area contributed by atoms with Crippen LogP contribution < -0.4 is 10.5 Å². The number of carbonyl (C=O) groups is 1. The molecule has 7 nitrogen and oxygen atoms in total. The van der Waals surface area contributed by atoms with Gasteiger partial charge in [-0.3, -0.25) is 4.79 Å². The number of Topliss-reactive ketones (excluding diaryl/α,β-unsaturated/α-hetero) is 1. The number of ketones is 1. The van der Waals surface area contributed by atoms with Gasteiger partial charge in [-0.25, -0.2) is 23.1 Å². The van der Waals surface area contributed by atoms with Crippen LogP contribution in [0.15, 0.2) is 41.2 Å². The topological polar surface area (TPSA) is 115 Å². The van der Waals surface area contributed by atoms with E-state index in [1.165, 1.54) is 24.5 Å². The third-order valence-corrected chi connectivity index (χ3v) is 3.56. The number of hydrogen-bond donors (Lipinski definition) is 2. The van der Waals surface area contributed by atoms with E-state index in [9.17, 15) is 13.2 Å². The van der Waals surface area contributed by atoms with Crippen molar-refractivity contribution in [1.29, 1.82) is 0 Å². The van der Waals surface area contributed by atoms with Gasteiger partial charge in [-0.2, -0.15) is 0 Å². The van der Waals surface area contributed by atoms with Crippen molar-refractivity contribution in [2.75, 3.05) is 4.72 Å². The Morgan fingerprint density at radius 1 is 1.22 bits per heavy atom. The molecule has 94 valence electrons. The number of carbonyl (C=O) groups excluding carboxylic acids is 1. The fourth-order valence-corrected chi connectivity index (χ4v) is 2.45. The summed E-state index contributed by atoms with van der Waals surface area (Å²) in [4.78, 5) is 18.7. The van der Waals surface area contributed by atoms with Crippen LogP contribution in [0.5, 0.6) is 0 Å². The van der Waals surface area contributed by atoms with Crippen LogP contribution in [0.4, 0.5) is 5.95 Å². The Balaban J connectivity index is 2.30. The van der Waals surface area contributed by atoms with Crippen LogP contribution in [0.1, 0.15) is 6.42 Å². The summed E-state index contributed by atoms with van der Waals surface area (Å²) in [5, 5.41) is 0. The second-order valence-corrected chi connectivity index (χ2v) is 5.20. The molecule has 1 aliphatic carbocycles. The third kappa shape index (κ3) is 2.54. The lowest BCUT2D eigenvalue weighted by molar-refractivity contribution is -0.114. The predicted octanol–water partition coefficient (Wildman–Crippen LogP) is -0.0824. The summed E-state index contributed by atoms with van der Waals surface area (Å²) in [6, 6.07) is 1.55. The summed E-state index contributed by atoms with van der Waals surface area (Å²) < 4.78 is 26.0. The normalized spacial score (nSPS) is 15.9. The Bertz CT molecular complexity index is 634. The highest BCUT2D eigenvalue weighted by molar-refractivity contribution is 7.97. The van der Waals surface area contributed by atoms with Crippen LogP contribution in [0, 0.1) is 0 Å². The lowest BCUT2D eigenvalue weighted by Crippen LogP contribution is -2.24. The minimum absolute atomic E-state index is 0.0891. The smallest absolute Gasteiger partial charge is 0.267 e. The van der Waals surface area contributed by atoms with Gasteiger partial charge in [-0.05, 0) is 18.2 Å². The molecule has 0 aliphatic heterocycles. The highest BCUT2D eigenvalue weighted by Gasteiger charge is 2.27. The van der Waals surface area contributed by atoms with Crippen LogP contribution in [0.25, 0.3) is 0 Å². The van der Waals surface area contributed by atoms with E-state index in [1.54, 1.807) is 6.07 Å². The van der Waals surface area contributed by atoms with Crippen molar-refractivity contribution >= 4 is 21.8 Å². The highest BCUT2D eigenvalue weighted by atomic mass is 32.2. The van der Waals surface area contributed by atoms with Crippen molar-refractivity contribution in [3.05, 3.63) is 41.2 Å². The molecule has 0 spiro atoms. The van der Waals surface area contributed by atoms with E-state index in [-0.39, 0.29) is 17.3 Å². The van der Waals surface area contributed by atoms with Gasteiger partial charge in [0.05, 0.1) is 6.42 Å². The van der Waals surface area contributed by atoms with E-state index in [2.05, 4.69) is 14.7 Å². The molecule has 1 aromatic heterocycles. The zero-order valence-electron chi connectivity index (χ0n) is 9.20. The largest absolute Gasteiger partial charge is 0.402 e. The fraction of sp³-hybridized carbons (Fsp3) is 0.100. The molecule has 0 aromatic carbocycles. The Kier molecular flexibility index (Phi) is 3.11. The Morgan fingerprint density at radius 2 is 1.89 bits per heavy atom. The molecule has 0 atom stereocenters. The van der Waals surface area contributed by atoms with Gasteiger partial charge in [-0.1, -0.05) is 0 Å². The van der Waals surface area contributed by atoms with Crippen molar-refractivity contribution in [3.63, 3.8) is 0 Å². The number of aromatic nitrogens is 2. The number of anilines is 1. The minimum atomic E-state index is -3.97. The number of nitrogens with one attached hydrogen (secondary N) is 1. The summed E-state index contributed by atoms with van der Waals surface area (Å²) in [5.74, 6) is -0.646. The maximum absolute atomic E-state index is 11.9. The first-order valence-electron chi connectivity index (χ1n) is 4.98. The number of allylic oxidation sites excluding steroid dienone is 4. The molecule has 0 saturated heterocycles. The van der Waals surface area contributed by atoms with E-state index in [1.807, 2.05) is 0 Å². The van der Waals surface area contributed by atoms with Gasteiger partial charge in [-0.15, -0.1) is 0 Å². The van der Waals surface area contributed by atoms with Crippen molar-refractivity contribution in [2.24, 2.45) is 5.73 Å². The van der Waals surface area contributed by atoms with E-state index in [4.69, 9.17) is 5.73 Å². The molecular weight excluding hydrogens is 256 g/mol. The van der Waals surface area contributed by atoms with Gasteiger partial charge in [0.25, 0.3) is 10.0 Å². The van der Waals surface area contributed by atoms with Gasteiger partial charge in [0.15, 0.2) is 5.78 Å². The Hall–Kier alpha value is -2.22. The molecule has 0 saturated carbocycles. The molecule has 8 heteroatoms. The maximum Gasteiger partial charge on any atom is 0.267 e. The monoisotopic (exact) mass is 266 g/mol. The Labute approximate surface area is 103 Å².